The molecule has 0 aliphatic carbocycles. The lowest BCUT2D eigenvalue weighted by molar-refractivity contribution is 0.326. The lowest BCUT2D eigenvalue weighted by Gasteiger charge is -2.09. The molecule has 0 radical (unpaired) electrons. The Bertz CT molecular complexity index is 1440. The Morgan fingerprint density at radius 2 is 2.00 bits per heavy atom. The Balaban J connectivity index is 1.48. The SMILES string of the molecule is Fc1ccc(-n2ncnc2-c2cc3c(s2)-c2cc(-c4cn[nH]c4)ccc2OCC3)c(F)c1. The Morgan fingerprint density at radius 3 is 2.84 bits per heavy atom. The molecule has 5 aromatic rings. The minimum atomic E-state index is -0.696. The summed E-state index contributed by atoms with van der Waals surface area (Å²) in [5, 5.41) is 11.1. The smallest absolute Gasteiger partial charge is 0.173 e. The van der Waals surface area contributed by atoms with Gasteiger partial charge >= 0.3 is 0 Å². The molecular weight excluding hydrogens is 432 g/mol. The molecule has 0 atom stereocenters. The number of aromatic nitrogens is 5. The van der Waals surface area contributed by atoms with E-state index in [4.69, 9.17) is 4.74 Å². The summed E-state index contributed by atoms with van der Waals surface area (Å²) in [5.41, 5.74) is 4.28. The normalized spacial score (nSPS) is 12.7. The number of fused-ring (bicyclic) bond motifs is 3. The summed E-state index contributed by atoms with van der Waals surface area (Å²) in [6.45, 7) is 0.556. The van der Waals surface area contributed by atoms with Gasteiger partial charge in [0.2, 0.25) is 0 Å². The molecule has 1 aliphatic rings. The van der Waals surface area contributed by atoms with E-state index in [-0.39, 0.29) is 5.69 Å². The quantitative estimate of drug-likeness (QED) is 0.409. The molecule has 2 aromatic carbocycles. The van der Waals surface area contributed by atoms with E-state index in [2.05, 4.69) is 26.3 Å². The third-order valence-corrected chi connectivity index (χ3v) is 6.61. The predicted molar refractivity (Wildman–Crippen MR) is 117 cm³/mol. The van der Waals surface area contributed by atoms with Gasteiger partial charge in [0.05, 0.1) is 17.7 Å². The van der Waals surface area contributed by atoms with E-state index >= 15 is 0 Å². The van der Waals surface area contributed by atoms with Crippen LogP contribution in [0.2, 0.25) is 0 Å². The van der Waals surface area contributed by atoms with Crippen LogP contribution in [0.1, 0.15) is 5.56 Å². The lowest BCUT2D eigenvalue weighted by Crippen LogP contribution is -2.02. The average Bonchev–Trinajstić information content (AvgIpc) is 3.53. The molecule has 1 N–H and O–H groups in total. The van der Waals surface area contributed by atoms with Crippen LogP contribution >= 0.6 is 11.3 Å². The molecule has 0 fully saturated rings. The Labute approximate surface area is 185 Å². The van der Waals surface area contributed by atoms with Crippen molar-refractivity contribution in [1.29, 1.82) is 0 Å². The molecule has 0 spiro atoms. The first kappa shape index (κ1) is 18.9. The van der Waals surface area contributed by atoms with Gasteiger partial charge in [0.1, 0.15) is 23.6 Å². The zero-order valence-electron chi connectivity index (χ0n) is 16.5. The zero-order chi connectivity index (χ0) is 21.7. The van der Waals surface area contributed by atoms with E-state index in [1.165, 1.54) is 23.1 Å². The highest BCUT2D eigenvalue weighted by Crippen LogP contribution is 2.45. The predicted octanol–water partition coefficient (Wildman–Crippen LogP) is 5.27. The van der Waals surface area contributed by atoms with Crippen molar-refractivity contribution in [3.05, 3.63) is 78.4 Å². The minimum absolute atomic E-state index is 0.147. The highest BCUT2D eigenvalue weighted by atomic mass is 32.1. The first-order chi connectivity index (χ1) is 15.7. The number of thiophene rings is 1. The van der Waals surface area contributed by atoms with E-state index in [0.717, 1.165) is 50.2 Å². The molecule has 0 bridgehead atoms. The van der Waals surface area contributed by atoms with Gasteiger partial charge in [-0.2, -0.15) is 10.2 Å². The largest absolute Gasteiger partial charge is 0.493 e. The maximum Gasteiger partial charge on any atom is 0.173 e. The van der Waals surface area contributed by atoms with Crippen molar-refractivity contribution in [1.82, 2.24) is 25.0 Å². The summed E-state index contributed by atoms with van der Waals surface area (Å²) in [6.07, 6.45) is 5.73. The summed E-state index contributed by atoms with van der Waals surface area (Å²) >= 11 is 1.55. The molecule has 32 heavy (non-hydrogen) atoms. The van der Waals surface area contributed by atoms with E-state index in [1.54, 1.807) is 17.5 Å². The van der Waals surface area contributed by atoms with Gasteiger partial charge in [0, 0.05) is 34.7 Å². The number of ether oxygens (including phenoxy) is 1. The summed E-state index contributed by atoms with van der Waals surface area (Å²) < 4.78 is 35.2. The van der Waals surface area contributed by atoms with Crippen molar-refractivity contribution in [3.8, 4) is 43.7 Å². The number of benzene rings is 2. The van der Waals surface area contributed by atoms with E-state index in [9.17, 15) is 8.78 Å². The maximum absolute atomic E-state index is 14.4. The molecule has 1 aliphatic heterocycles. The molecule has 6 rings (SSSR count). The van der Waals surface area contributed by atoms with Crippen molar-refractivity contribution in [2.75, 3.05) is 6.61 Å². The summed E-state index contributed by atoms with van der Waals surface area (Å²) in [7, 11) is 0. The van der Waals surface area contributed by atoms with Gasteiger partial charge in [-0.1, -0.05) is 6.07 Å². The van der Waals surface area contributed by atoms with Crippen LogP contribution in [-0.2, 0) is 6.42 Å². The number of hydrogen-bond donors (Lipinski definition) is 1. The van der Waals surface area contributed by atoms with Crippen LogP contribution in [0, 0.1) is 11.6 Å². The van der Waals surface area contributed by atoms with Gasteiger partial charge in [-0.05, 0) is 41.5 Å². The summed E-state index contributed by atoms with van der Waals surface area (Å²) in [6, 6.07) is 11.5. The monoisotopic (exact) mass is 447 g/mol. The highest BCUT2D eigenvalue weighted by molar-refractivity contribution is 7.19. The second-order valence-corrected chi connectivity index (χ2v) is 8.40. The maximum atomic E-state index is 14.4. The number of aromatic amines is 1. The van der Waals surface area contributed by atoms with Crippen molar-refractivity contribution < 1.29 is 13.5 Å². The van der Waals surface area contributed by atoms with Gasteiger partial charge in [-0.15, -0.1) is 11.3 Å². The molecule has 0 amide bonds. The third-order valence-electron chi connectivity index (χ3n) is 5.40. The number of nitrogens with zero attached hydrogens (tertiary/aromatic N) is 4. The first-order valence-corrected chi connectivity index (χ1v) is 10.7. The Hall–Kier alpha value is -3.85. The second kappa shape index (κ2) is 7.38. The second-order valence-electron chi connectivity index (χ2n) is 7.35. The van der Waals surface area contributed by atoms with Gasteiger partial charge in [0.15, 0.2) is 11.6 Å². The fourth-order valence-corrected chi connectivity index (χ4v) is 5.10. The molecule has 9 heteroatoms. The van der Waals surface area contributed by atoms with Crippen LogP contribution in [0.4, 0.5) is 8.78 Å². The van der Waals surface area contributed by atoms with Crippen molar-refractivity contribution in [3.63, 3.8) is 0 Å². The Morgan fingerprint density at radius 1 is 1.06 bits per heavy atom. The van der Waals surface area contributed by atoms with Crippen LogP contribution in [0.15, 0.2) is 61.2 Å². The van der Waals surface area contributed by atoms with Gasteiger partial charge in [0.25, 0.3) is 0 Å². The van der Waals surface area contributed by atoms with Gasteiger partial charge in [-0.3, -0.25) is 5.10 Å². The Kier molecular flexibility index (Phi) is 4.36. The zero-order valence-corrected chi connectivity index (χ0v) is 17.4. The molecule has 6 nitrogen and oxygen atoms in total. The molecule has 158 valence electrons. The van der Waals surface area contributed by atoms with E-state index in [1.807, 2.05) is 24.4 Å². The highest BCUT2D eigenvalue weighted by Gasteiger charge is 2.23. The fourth-order valence-electron chi connectivity index (χ4n) is 3.88. The molecule has 4 heterocycles. The molecule has 3 aromatic heterocycles. The number of halogens is 2. The van der Waals surface area contributed by atoms with Crippen molar-refractivity contribution >= 4 is 11.3 Å². The molecule has 0 unspecified atom stereocenters. The van der Waals surface area contributed by atoms with E-state index in [0.29, 0.717) is 12.4 Å². The van der Waals surface area contributed by atoms with Crippen LogP contribution in [-0.4, -0.2) is 31.6 Å². The van der Waals surface area contributed by atoms with E-state index < -0.39 is 11.6 Å². The molecule has 0 saturated heterocycles. The topological polar surface area (TPSA) is 68.6 Å². The molecular formula is C23H15F2N5OS. The molecule has 0 saturated carbocycles. The van der Waals surface area contributed by atoms with Crippen LogP contribution in [0.3, 0.4) is 0 Å². The first-order valence-electron chi connectivity index (χ1n) is 9.92. The summed E-state index contributed by atoms with van der Waals surface area (Å²) in [5.74, 6) is -0.0170. The number of H-pyrrole nitrogens is 1. The minimum Gasteiger partial charge on any atom is -0.493 e. The van der Waals surface area contributed by atoms with Crippen molar-refractivity contribution in [2.45, 2.75) is 6.42 Å². The van der Waals surface area contributed by atoms with Crippen molar-refractivity contribution in [2.24, 2.45) is 0 Å². The lowest BCUT2D eigenvalue weighted by atomic mass is 10.0. The summed E-state index contributed by atoms with van der Waals surface area (Å²) in [4.78, 5) is 6.29. The van der Waals surface area contributed by atoms with Gasteiger partial charge < -0.3 is 4.74 Å². The number of hydrogen-bond acceptors (Lipinski definition) is 5. The van der Waals surface area contributed by atoms with Gasteiger partial charge in [-0.25, -0.2) is 18.4 Å². The average molecular weight is 447 g/mol. The van der Waals surface area contributed by atoms with Crippen LogP contribution < -0.4 is 4.74 Å². The number of rotatable bonds is 3. The standard InChI is InChI=1S/C23H15F2N5OS/c24-16-2-3-19(18(25)9-16)30-23(26-12-29-30)21-8-14-5-6-31-20-4-1-13(15-10-27-28-11-15)7-17(20)22(14)32-21/h1-4,7-12H,5-6H2,(H,27,28). The fraction of sp³-hybridized carbons (Fsp3) is 0.0870. The van der Waals surface area contributed by atoms with Crippen LogP contribution in [0.25, 0.3) is 38.0 Å². The third kappa shape index (κ3) is 3.09. The van der Waals surface area contributed by atoms with Crippen LogP contribution in [0.5, 0.6) is 5.75 Å². The number of nitrogens with one attached hydrogen (secondary N) is 1.